The van der Waals surface area contributed by atoms with E-state index >= 15 is 0 Å². The molecule has 0 radical (unpaired) electrons. The number of H-pyrrole nitrogens is 1. The second kappa shape index (κ2) is 6.36. The summed E-state index contributed by atoms with van der Waals surface area (Å²) in [5.41, 5.74) is 9.40. The van der Waals surface area contributed by atoms with Crippen molar-refractivity contribution >= 4 is 27.6 Å². The first kappa shape index (κ1) is 15.5. The molecule has 3 rings (SSSR count). The highest BCUT2D eigenvalue weighted by Gasteiger charge is 2.17. The number of anilines is 1. The van der Waals surface area contributed by atoms with Crippen LogP contribution in [0.1, 0.15) is 38.2 Å². The van der Waals surface area contributed by atoms with Gasteiger partial charge in [0.1, 0.15) is 5.75 Å². The van der Waals surface area contributed by atoms with Crippen molar-refractivity contribution in [3.63, 3.8) is 0 Å². The maximum absolute atomic E-state index is 10.5. The topological polar surface area (TPSA) is 79.9 Å². The number of nitrogen functional groups attached to an aromatic ring is 1. The Balaban J connectivity index is 2.08. The second-order valence-corrected chi connectivity index (χ2v) is 6.00. The molecule has 122 valence electrons. The van der Waals surface area contributed by atoms with E-state index in [1.54, 1.807) is 0 Å². The standard InChI is InChI=1S/C18H24N4O/c1-3-5-7-9-22-18-13(11-20-22)16(19)15-14(21-18)10-12(17(15)23)8-6-4-2/h4,10-11,20,23H,2-3,5-9,19H2,1H3. The average molecular weight is 312 g/mol. The number of aromatic nitrogens is 3. The van der Waals surface area contributed by atoms with E-state index in [1.807, 2.05) is 23.0 Å². The minimum absolute atomic E-state index is 0.257. The van der Waals surface area contributed by atoms with E-state index in [4.69, 9.17) is 10.7 Å². The lowest BCUT2D eigenvalue weighted by atomic mass is 10.1. The third kappa shape index (κ3) is 2.67. The molecule has 23 heavy (non-hydrogen) atoms. The van der Waals surface area contributed by atoms with Gasteiger partial charge in [-0.1, -0.05) is 25.8 Å². The molecular weight excluding hydrogens is 288 g/mol. The zero-order valence-corrected chi connectivity index (χ0v) is 13.6. The lowest BCUT2D eigenvalue weighted by Crippen LogP contribution is -2.01. The van der Waals surface area contributed by atoms with E-state index in [9.17, 15) is 5.11 Å². The Morgan fingerprint density at radius 1 is 1.43 bits per heavy atom. The number of unbranched alkanes of at least 4 members (excludes halogenated alkanes) is 2. The van der Waals surface area contributed by atoms with Crippen LogP contribution in [-0.4, -0.2) is 19.9 Å². The van der Waals surface area contributed by atoms with Crippen LogP contribution in [0.15, 0.2) is 24.9 Å². The molecule has 0 bridgehead atoms. The fourth-order valence-electron chi connectivity index (χ4n) is 3.06. The molecule has 2 aromatic heterocycles. The Kier molecular flexibility index (Phi) is 4.28. The van der Waals surface area contributed by atoms with Crippen LogP contribution in [0.4, 0.5) is 5.69 Å². The SMILES string of the molecule is C=CCCc1cc2nc3c(c[nH]n3CCCCC)c(N)c2c1O. The summed E-state index contributed by atoms with van der Waals surface area (Å²) in [7, 11) is 0. The first-order chi connectivity index (χ1) is 11.2. The number of hydrogen-bond donors (Lipinski definition) is 3. The maximum atomic E-state index is 10.5. The van der Waals surface area contributed by atoms with Gasteiger partial charge in [-0.05, 0) is 30.9 Å². The molecule has 0 aliphatic heterocycles. The van der Waals surface area contributed by atoms with Crippen LogP contribution >= 0.6 is 0 Å². The highest BCUT2D eigenvalue weighted by molar-refractivity contribution is 6.09. The lowest BCUT2D eigenvalue weighted by molar-refractivity contribution is 0.476. The van der Waals surface area contributed by atoms with Gasteiger partial charge in [0.15, 0.2) is 5.65 Å². The van der Waals surface area contributed by atoms with Crippen molar-refractivity contribution in [2.75, 3.05) is 5.73 Å². The van der Waals surface area contributed by atoms with Gasteiger partial charge in [-0.25, -0.2) is 4.98 Å². The predicted molar refractivity (Wildman–Crippen MR) is 95.7 cm³/mol. The Morgan fingerprint density at radius 2 is 2.26 bits per heavy atom. The molecule has 0 atom stereocenters. The first-order valence-electron chi connectivity index (χ1n) is 8.25. The number of pyridine rings is 1. The Labute approximate surface area is 135 Å². The molecule has 0 fully saturated rings. The largest absolute Gasteiger partial charge is 0.507 e. The van der Waals surface area contributed by atoms with Crippen molar-refractivity contribution < 1.29 is 5.11 Å². The number of allylic oxidation sites excluding steroid dienone is 1. The fourth-order valence-corrected chi connectivity index (χ4v) is 3.06. The predicted octanol–water partition coefficient (Wildman–Crippen LogP) is 4.11. The quantitative estimate of drug-likeness (QED) is 0.453. The lowest BCUT2D eigenvalue weighted by Gasteiger charge is -2.05. The van der Waals surface area contributed by atoms with Gasteiger partial charge in [-0.3, -0.25) is 4.68 Å². The molecule has 2 heterocycles. The summed E-state index contributed by atoms with van der Waals surface area (Å²) in [4.78, 5) is 4.73. The van der Waals surface area contributed by atoms with Gasteiger partial charge < -0.3 is 15.9 Å². The number of aryl methyl sites for hydroxylation is 2. The highest BCUT2D eigenvalue weighted by Crippen LogP contribution is 2.39. The van der Waals surface area contributed by atoms with E-state index in [2.05, 4.69) is 18.6 Å². The molecule has 5 heteroatoms. The molecule has 0 aliphatic rings. The van der Waals surface area contributed by atoms with E-state index in [1.165, 1.54) is 12.8 Å². The van der Waals surface area contributed by atoms with Gasteiger partial charge in [0, 0.05) is 12.7 Å². The number of fused-ring (bicyclic) bond motifs is 2. The van der Waals surface area contributed by atoms with E-state index < -0.39 is 0 Å². The van der Waals surface area contributed by atoms with Crippen molar-refractivity contribution in [3.8, 4) is 5.75 Å². The van der Waals surface area contributed by atoms with Crippen molar-refractivity contribution in [3.05, 3.63) is 30.5 Å². The highest BCUT2D eigenvalue weighted by atomic mass is 16.3. The van der Waals surface area contributed by atoms with Gasteiger partial charge in [0.05, 0.1) is 22.0 Å². The summed E-state index contributed by atoms with van der Waals surface area (Å²) < 4.78 is 2.04. The number of nitrogens with zero attached hydrogens (tertiary/aromatic N) is 2. The first-order valence-corrected chi connectivity index (χ1v) is 8.25. The number of aromatic amines is 1. The van der Waals surface area contributed by atoms with Gasteiger partial charge in [-0.15, -0.1) is 6.58 Å². The van der Waals surface area contributed by atoms with Crippen LogP contribution in [0.3, 0.4) is 0 Å². The van der Waals surface area contributed by atoms with Crippen molar-refractivity contribution in [1.29, 1.82) is 0 Å². The number of aromatic hydroxyl groups is 1. The normalized spacial score (nSPS) is 11.5. The molecule has 0 saturated carbocycles. The molecule has 0 amide bonds. The summed E-state index contributed by atoms with van der Waals surface area (Å²) >= 11 is 0. The van der Waals surface area contributed by atoms with Crippen LogP contribution in [0, 0.1) is 0 Å². The smallest absolute Gasteiger partial charge is 0.158 e. The van der Waals surface area contributed by atoms with Crippen LogP contribution in [0.25, 0.3) is 21.9 Å². The maximum Gasteiger partial charge on any atom is 0.158 e. The Hall–Kier alpha value is -2.43. The number of nitrogens with one attached hydrogen (secondary N) is 1. The molecule has 1 aromatic carbocycles. The van der Waals surface area contributed by atoms with E-state index in [0.717, 1.165) is 47.9 Å². The zero-order valence-electron chi connectivity index (χ0n) is 13.6. The van der Waals surface area contributed by atoms with E-state index in [0.29, 0.717) is 11.1 Å². The molecular formula is C18H24N4O. The van der Waals surface area contributed by atoms with Gasteiger partial charge in [0.2, 0.25) is 0 Å². The Bertz CT molecular complexity index is 844. The molecule has 0 saturated heterocycles. The summed E-state index contributed by atoms with van der Waals surface area (Å²) in [6.07, 6.45) is 8.77. The minimum Gasteiger partial charge on any atom is -0.507 e. The van der Waals surface area contributed by atoms with Crippen LogP contribution < -0.4 is 5.73 Å². The minimum atomic E-state index is 0.257. The van der Waals surface area contributed by atoms with Crippen LogP contribution in [0.5, 0.6) is 5.75 Å². The molecule has 4 N–H and O–H groups in total. The molecule has 5 nitrogen and oxygen atoms in total. The molecule has 0 aliphatic carbocycles. The van der Waals surface area contributed by atoms with Gasteiger partial charge >= 0.3 is 0 Å². The molecule has 0 unspecified atom stereocenters. The second-order valence-electron chi connectivity index (χ2n) is 6.00. The van der Waals surface area contributed by atoms with Gasteiger partial charge in [0.25, 0.3) is 0 Å². The van der Waals surface area contributed by atoms with Crippen LogP contribution in [-0.2, 0) is 13.0 Å². The zero-order chi connectivity index (χ0) is 16.4. The summed E-state index contributed by atoms with van der Waals surface area (Å²) in [6, 6.07) is 1.94. The van der Waals surface area contributed by atoms with Crippen molar-refractivity contribution in [2.45, 2.75) is 45.6 Å². The number of hydrogen-bond acceptors (Lipinski definition) is 3. The average Bonchev–Trinajstić information content (AvgIpc) is 3.08. The van der Waals surface area contributed by atoms with Crippen LogP contribution in [0.2, 0.25) is 0 Å². The Morgan fingerprint density at radius 3 is 3.00 bits per heavy atom. The number of rotatable bonds is 7. The monoisotopic (exact) mass is 312 g/mol. The summed E-state index contributed by atoms with van der Waals surface area (Å²) in [6.45, 7) is 6.81. The molecule has 0 spiro atoms. The number of nitrogens with two attached hydrogens (primary N) is 1. The third-order valence-corrected chi connectivity index (χ3v) is 4.36. The van der Waals surface area contributed by atoms with Gasteiger partial charge in [-0.2, -0.15) is 0 Å². The van der Waals surface area contributed by atoms with Crippen molar-refractivity contribution in [2.24, 2.45) is 0 Å². The summed E-state index contributed by atoms with van der Waals surface area (Å²) in [5, 5.41) is 15.2. The van der Waals surface area contributed by atoms with E-state index in [-0.39, 0.29) is 5.75 Å². The fraction of sp³-hybridized carbons (Fsp3) is 0.389. The third-order valence-electron chi connectivity index (χ3n) is 4.36. The molecule has 3 aromatic rings. The van der Waals surface area contributed by atoms with Crippen molar-refractivity contribution in [1.82, 2.24) is 14.8 Å². The summed E-state index contributed by atoms with van der Waals surface area (Å²) in [5.74, 6) is 0.257.